The van der Waals surface area contributed by atoms with E-state index in [4.69, 9.17) is 11.6 Å². The Kier molecular flexibility index (Phi) is 4.06. The molecule has 0 unspecified atom stereocenters. The summed E-state index contributed by atoms with van der Waals surface area (Å²) in [5, 5.41) is 0.395. The lowest BCUT2D eigenvalue weighted by Crippen LogP contribution is -2.33. The first-order chi connectivity index (χ1) is 7.24. The molecule has 1 fully saturated rings. The second-order valence-corrected chi connectivity index (χ2v) is 5.61. The highest BCUT2D eigenvalue weighted by Crippen LogP contribution is 2.18. The number of hydrogen-bond acceptors (Lipinski definition) is 1. The summed E-state index contributed by atoms with van der Waals surface area (Å²) in [6.07, 6.45) is 2.25. The van der Waals surface area contributed by atoms with E-state index in [9.17, 15) is 0 Å². The summed E-state index contributed by atoms with van der Waals surface area (Å²) in [5.41, 5.74) is 1.38. The van der Waals surface area contributed by atoms with Gasteiger partial charge in [-0.15, -0.1) is 11.6 Å². The summed E-state index contributed by atoms with van der Waals surface area (Å²) >= 11 is 9.52. The smallest absolute Gasteiger partial charge is 0.0360 e. The Hall–Kier alpha value is -0.0500. The topological polar surface area (TPSA) is 3.24 Å². The Morgan fingerprint density at radius 2 is 1.80 bits per heavy atom. The first-order valence-corrected chi connectivity index (χ1v) is 6.58. The van der Waals surface area contributed by atoms with Gasteiger partial charge < -0.3 is 0 Å². The molecule has 1 aromatic carbocycles. The van der Waals surface area contributed by atoms with Crippen molar-refractivity contribution in [2.75, 3.05) is 13.1 Å². The largest absolute Gasteiger partial charge is 0.299 e. The van der Waals surface area contributed by atoms with Crippen LogP contribution in [0.1, 0.15) is 18.4 Å². The quantitative estimate of drug-likeness (QED) is 0.751. The van der Waals surface area contributed by atoms with Crippen molar-refractivity contribution in [1.82, 2.24) is 4.90 Å². The zero-order valence-electron chi connectivity index (χ0n) is 8.63. The second kappa shape index (κ2) is 5.33. The highest BCUT2D eigenvalue weighted by atomic mass is 79.9. The van der Waals surface area contributed by atoms with Crippen molar-refractivity contribution in [3.05, 3.63) is 34.3 Å². The van der Waals surface area contributed by atoms with Gasteiger partial charge >= 0.3 is 0 Å². The van der Waals surface area contributed by atoms with Crippen LogP contribution in [0.5, 0.6) is 0 Å². The third-order valence-corrected chi connectivity index (χ3v) is 3.80. The Balaban J connectivity index is 1.89. The van der Waals surface area contributed by atoms with Crippen LogP contribution in [0, 0.1) is 0 Å². The van der Waals surface area contributed by atoms with Crippen LogP contribution in [0.25, 0.3) is 0 Å². The molecule has 1 aliphatic heterocycles. The molecule has 0 bridgehead atoms. The number of halogens is 2. The van der Waals surface area contributed by atoms with E-state index in [-0.39, 0.29) is 0 Å². The zero-order chi connectivity index (χ0) is 10.7. The summed E-state index contributed by atoms with van der Waals surface area (Å²) < 4.78 is 1.14. The van der Waals surface area contributed by atoms with Gasteiger partial charge in [0.15, 0.2) is 0 Å². The number of rotatable bonds is 2. The Bertz CT molecular complexity index is 304. The fraction of sp³-hybridized carbons (Fsp3) is 0.500. The minimum atomic E-state index is 0.395. The van der Waals surface area contributed by atoms with E-state index in [1.165, 1.54) is 5.56 Å². The van der Waals surface area contributed by atoms with Crippen molar-refractivity contribution in [1.29, 1.82) is 0 Å². The molecule has 0 spiro atoms. The van der Waals surface area contributed by atoms with E-state index in [2.05, 4.69) is 45.1 Å². The van der Waals surface area contributed by atoms with Crippen LogP contribution in [0.3, 0.4) is 0 Å². The van der Waals surface area contributed by atoms with Crippen LogP contribution in [0.2, 0.25) is 0 Å². The molecule has 0 amide bonds. The van der Waals surface area contributed by atoms with Crippen molar-refractivity contribution >= 4 is 27.5 Å². The number of piperidine rings is 1. The fourth-order valence-corrected chi connectivity index (χ4v) is 2.37. The fourth-order valence-electron chi connectivity index (χ4n) is 1.91. The molecule has 0 radical (unpaired) electrons. The highest BCUT2D eigenvalue weighted by Gasteiger charge is 2.16. The predicted octanol–water partition coefficient (Wildman–Crippen LogP) is 3.65. The van der Waals surface area contributed by atoms with Crippen molar-refractivity contribution in [3.8, 4) is 0 Å². The number of nitrogens with zero attached hydrogens (tertiary/aromatic N) is 1. The van der Waals surface area contributed by atoms with Crippen molar-refractivity contribution in [2.24, 2.45) is 0 Å². The van der Waals surface area contributed by atoms with Gasteiger partial charge in [-0.1, -0.05) is 28.1 Å². The number of hydrogen-bond donors (Lipinski definition) is 0. The molecule has 1 heterocycles. The maximum absolute atomic E-state index is 6.07. The molecule has 0 aliphatic carbocycles. The lowest BCUT2D eigenvalue weighted by atomic mass is 10.1. The van der Waals surface area contributed by atoms with Crippen molar-refractivity contribution in [2.45, 2.75) is 24.8 Å². The monoisotopic (exact) mass is 287 g/mol. The van der Waals surface area contributed by atoms with Crippen molar-refractivity contribution < 1.29 is 0 Å². The van der Waals surface area contributed by atoms with Gasteiger partial charge in [0.05, 0.1) is 0 Å². The van der Waals surface area contributed by atoms with E-state index in [1.807, 2.05) is 0 Å². The molecule has 0 N–H and O–H groups in total. The second-order valence-electron chi connectivity index (χ2n) is 4.08. The van der Waals surface area contributed by atoms with E-state index in [0.717, 1.165) is 36.9 Å². The van der Waals surface area contributed by atoms with Crippen LogP contribution in [-0.2, 0) is 6.54 Å². The molecule has 15 heavy (non-hydrogen) atoms. The van der Waals surface area contributed by atoms with Crippen LogP contribution in [0.15, 0.2) is 28.7 Å². The first kappa shape index (κ1) is 11.4. The summed E-state index contributed by atoms with van der Waals surface area (Å²) in [4.78, 5) is 2.47. The van der Waals surface area contributed by atoms with E-state index in [1.54, 1.807) is 0 Å². The average Bonchev–Trinajstić information content (AvgIpc) is 2.25. The minimum Gasteiger partial charge on any atom is -0.299 e. The van der Waals surface area contributed by atoms with E-state index < -0.39 is 0 Å². The number of alkyl halides is 1. The van der Waals surface area contributed by atoms with Crippen LogP contribution in [-0.4, -0.2) is 23.4 Å². The first-order valence-electron chi connectivity index (χ1n) is 5.35. The third kappa shape index (κ3) is 3.47. The van der Waals surface area contributed by atoms with Crippen LogP contribution < -0.4 is 0 Å². The SMILES string of the molecule is ClC1CCN(Cc2ccc(Br)cc2)CC1. The maximum atomic E-state index is 6.07. The summed E-state index contributed by atoms with van der Waals surface area (Å²) in [6.45, 7) is 3.31. The molecule has 82 valence electrons. The van der Waals surface area contributed by atoms with Gasteiger partial charge in [0, 0.05) is 16.4 Å². The lowest BCUT2D eigenvalue weighted by Gasteiger charge is -2.29. The summed E-state index contributed by atoms with van der Waals surface area (Å²) in [7, 11) is 0. The van der Waals surface area contributed by atoms with E-state index in [0.29, 0.717) is 5.38 Å². The minimum absolute atomic E-state index is 0.395. The molecular formula is C12H15BrClN. The number of benzene rings is 1. The average molecular weight is 289 g/mol. The Morgan fingerprint density at radius 3 is 2.40 bits per heavy atom. The molecule has 2 rings (SSSR count). The van der Waals surface area contributed by atoms with Gasteiger partial charge in [0.2, 0.25) is 0 Å². The van der Waals surface area contributed by atoms with Gasteiger partial charge in [-0.3, -0.25) is 4.90 Å². The molecule has 0 aromatic heterocycles. The van der Waals surface area contributed by atoms with Gasteiger partial charge in [-0.2, -0.15) is 0 Å². The standard InChI is InChI=1S/C12H15BrClN/c13-11-3-1-10(2-4-11)9-15-7-5-12(14)6-8-15/h1-4,12H,5-9H2. The van der Waals surface area contributed by atoms with Crippen molar-refractivity contribution in [3.63, 3.8) is 0 Å². The van der Waals surface area contributed by atoms with Crippen LogP contribution >= 0.6 is 27.5 Å². The molecule has 0 saturated carbocycles. The lowest BCUT2D eigenvalue weighted by molar-refractivity contribution is 0.223. The van der Waals surface area contributed by atoms with Gasteiger partial charge in [0.25, 0.3) is 0 Å². The molecule has 1 nitrogen and oxygen atoms in total. The molecule has 1 saturated heterocycles. The summed E-state index contributed by atoms with van der Waals surface area (Å²) in [6, 6.07) is 8.56. The molecule has 1 aliphatic rings. The molecule has 0 atom stereocenters. The summed E-state index contributed by atoms with van der Waals surface area (Å²) in [5.74, 6) is 0. The van der Waals surface area contributed by atoms with Crippen LogP contribution in [0.4, 0.5) is 0 Å². The zero-order valence-corrected chi connectivity index (χ0v) is 11.0. The molecule has 3 heteroatoms. The van der Waals surface area contributed by atoms with Gasteiger partial charge in [-0.05, 0) is 43.6 Å². The maximum Gasteiger partial charge on any atom is 0.0360 e. The van der Waals surface area contributed by atoms with Gasteiger partial charge in [0.1, 0.15) is 0 Å². The molecule has 1 aromatic rings. The predicted molar refractivity (Wildman–Crippen MR) is 68.3 cm³/mol. The highest BCUT2D eigenvalue weighted by molar-refractivity contribution is 9.10. The number of likely N-dealkylation sites (tertiary alicyclic amines) is 1. The van der Waals surface area contributed by atoms with E-state index >= 15 is 0 Å². The van der Waals surface area contributed by atoms with Gasteiger partial charge in [-0.25, -0.2) is 0 Å². The normalized spacial score (nSPS) is 19.3. The Morgan fingerprint density at radius 1 is 1.20 bits per heavy atom. The Labute approximate surface area is 105 Å². The molecular weight excluding hydrogens is 273 g/mol. The third-order valence-electron chi connectivity index (χ3n) is 2.84.